The van der Waals surface area contributed by atoms with E-state index in [1.165, 1.54) is 6.92 Å². The molecule has 1 aliphatic rings. The second-order valence-electron chi connectivity index (χ2n) is 8.58. The molecule has 4 rings (SSSR count). The third-order valence-electron chi connectivity index (χ3n) is 5.36. The van der Waals surface area contributed by atoms with Gasteiger partial charge in [-0.05, 0) is 30.9 Å². The third kappa shape index (κ3) is 3.33. The molecule has 0 saturated carbocycles. The standard InChI is InChI=1S/C22H24ClN5O2/c1-6-7-27-16-9-17(15(23)8-14(16)21(26-27)24-13(3)29)28-18-10-22(4,5)11-19(30)20(18)12(2)25-28/h6,8-9H,1,7,10-11H2,2-5H3,(H,24,26,29). The molecular weight excluding hydrogens is 402 g/mol. The van der Waals surface area contributed by atoms with Gasteiger partial charge >= 0.3 is 0 Å². The van der Waals surface area contributed by atoms with Crippen molar-refractivity contribution in [1.82, 2.24) is 19.6 Å². The average Bonchev–Trinajstić information content (AvgIpc) is 3.11. The number of amides is 1. The van der Waals surface area contributed by atoms with Crippen molar-refractivity contribution in [2.75, 3.05) is 5.32 Å². The first-order chi connectivity index (χ1) is 14.1. The summed E-state index contributed by atoms with van der Waals surface area (Å²) in [6.45, 7) is 11.7. The molecule has 0 atom stereocenters. The molecule has 0 saturated heterocycles. The Morgan fingerprint density at radius 3 is 2.73 bits per heavy atom. The highest BCUT2D eigenvalue weighted by atomic mass is 35.5. The maximum absolute atomic E-state index is 12.8. The molecule has 0 fully saturated rings. The van der Waals surface area contributed by atoms with Crippen LogP contribution in [0.3, 0.4) is 0 Å². The summed E-state index contributed by atoms with van der Waals surface area (Å²) in [7, 11) is 0. The van der Waals surface area contributed by atoms with E-state index in [-0.39, 0.29) is 17.1 Å². The van der Waals surface area contributed by atoms with Crippen LogP contribution in [0.2, 0.25) is 5.02 Å². The lowest BCUT2D eigenvalue weighted by atomic mass is 9.75. The van der Waals surface area contributed by atoms with E-state index in [1.807, 2.05) is 13.0 Å². The van der Waals surface area contributed by atoms with Crippen LogP contribution in [0.4, 0.5) is 5.82 Å². The van der Waals surface area contributed by atoms with E-state index >= 15 is 0 Å². The van der Waals surface area contributed by atoms with Crippen molar-refractivity contribution < 1.29 is 9.59 Å². The van der Waals surface area contributed by atoms with Gasteiger partial charge in [0.25, 0.3) is 0 Å². The van der Waals surface area contributed by atoms with E-state index in [0.717, 1.165) is 23.0 Å². The number of nitrogens with zero attached hydrogens (tertiary/aromatic N) is 4. The van der Waals surface area contributed by atoms with Crippen LogP contribution in [0.25, 0.3) is 16.6 Å². The lowest BCUT2D eigenvalue weighted by molar-refractivity contribution is -0.114. The van der Waals surface area contributed by atoms with Crippen LogP contribution in [0.1, 0.15) is 48.9 Å². The van der Waals surface area contributed by atoms with Crippen molar-refractivity contribution in [3.05, 3.63) is 46.8 Å². The van der Waals surface area contributed by atoms with Gasteiger partial charge in [-0.15, -0.1) is 6.58 Å². The zero-order chi connectivity index (χ0) is 21.8. The van der Waals surface area contributed by atoms with Crippen LogP contribution in [-0.2, 0) is 17.8 Å². The molecular formula is C22H24ClN5O2. The number of Topliss-reactive ketones (excluding diaryl/α,β-unsaturated/α-hetero) is 1. The second kappa shape index (κ2) is 7.09. The van der Waals surface area contributed by atoms with Crippen molar-refractivity contribution in [2.24, 2.45) is 5.41 Å². The molecule has 0 spiro atoms. The number of allylic oxidation sites excluding steroid dienone is 1. The number of carbonyl (C=O) groups excluding carboxylic acids is 2. The molecule has 3 aromatic rings. The Balaban J connectivity index is 1.95. The molecule has 0 bridgehead atoms. The number of ketones is 1. The van der Waals surface area contributed by atoms with Crippen molar-refractivity contribution in [3.63, 3.8) is 0 Å². The molecule has 0 aliphatic heterocycles. The first-order valence-corrected chi connectivity index (χ1v) is 10.2. The lowest BCUT2D eigenvalue weighted by Crippen LogP contribution is -2.28. The lowest BCUT2D eigenvalue weighted by Gasteiger charge is -2.29. The number of nitrogens with one attached hydrogen (secondary N) is 1. The van der Waals surface area contributed by atoms with Crippen molar-refractivity contribution in [2.45, 2.75) is 47.1 Å². The van der Waals surface area contributed by atoms with Crippen molar-refractivity contribution in [1.29, 1.82) is 0 Å². The summed E-state index contributed by atoms with van der Waals surface area (Å²) in [5.74, 6) is 0.354. The van der Waals surface area contributed by atoms with Crippen LogP contribution in [-0.4, -0.2) is 31.3 Å². The minimum absolute atomic E-state index is 0.117. The number of rotatable bonds is 4. The zero-order valence-electron chi connectivity index (χ0n) is 17.5. The van der Waals surface area contributed by atoms with Crippen molar-refractivity contribution in [3.8, 4) is 5.69 Å². The molecule has 2 heterocycles. The Kier molecular flexibility index (Phi) is 4.81. The summed E-state index contributed by atoms with van der Waals surface area (Å²) < 4.78 is 3.54. The Morgan fingerprint density at radius 2 is 2.07 bits per heavy atom. The van der Waals surface area contributed by atoms with Crippen LogP contribution in [0.15, 0.2) is 24.8 Å². The summed E-state index contributed by atoms with van der Waals surface area (Å²) in [6, 6.07) is 3.68. The van der Waals surface area contributed by atoms with Gasteiger partial charge in [-0.1, -0.05) is 31.5 Å². The van der Waals surface area contributed by atoms with Crippen molar-refractivity contribution >= 4 is 40.0 Å². The van der Waals surface area contributed by atoms with E-state index in [9.17, 15) is 9.59 Å². The second-order valence-corrected chi connectivity index (χ2v) is 8.99. The molecule has 0 radical (unpaired) electrons. The number of fused-ring (bicyclic) bond motifs is 2. The van der Waals surface area contributed by atoms with Gasteiger partial charge in [0.2, 0.25) is 5.91 Å². The van der Waals surface area contributed by atoms with Crippen LogP contribution in [0, 0.1) is 12.3 Å². The van der Waals surface area contributed by atoms with Gasteiger partial charge in [-0.3, -0.25) is 14.3 Å². The summed E-state index contributed by atoms with van der Waals surface area (Å²) in [5.41, 5.74) is 3.62. The fraction of sp³-hybridized carbons (Fsp3) is 0.364. The van der Waals surface area contributed by atoms with E-state index in [2.05, 4.69) is 35.9 Å². The van der Waals surface area contributed by atoms with Gasteiger partial charge < -0.3 is 5.32 Å². The molecule has 8 heteroatoms. The maximum Gasteiger partial charge on any atom is 0.222 e. The van der Waals surface area contributed by atoms with E-state index < -0.39 is 0 Å². The van der Waals surface area contributed by atoms with Crippen LogP contribution < -0.4 is 5.32 Å². The van der Waals surface area contributed by atoms with Crippen LogP contribution in [0.5, 0.6) is 0 Å². The summed E-state index contributed by atoms with van der Waals surface area (Å²) >= 11 is 6.68. The number of halogens is 1. The van der Waals surface area contributed by atoms with Gasteiger partial charge in [0.05, 0.1) is 39.7 Å². The molecule has 1 aliphatic carbocycles. The first-order valence-electron chi connectivity index (χ1n) is 9.82. The number of aryl methyl sites for hydroxylation is 1. The number of benzene rings is 1. The topological polar surface area (TPSA) is 81.8 Å². The number of hydrogen-bond acceptors (Lipinski definition) is 4. The zero-order valence-corrected chi connectivity index (χ0v) is 18.3. The molecule has 1 amide bonds. The fourth-order valence-electron chi connectivity index (χ4n) is 4.20. The van der Waals surface area contributed by atoms with Gasteiger partial charge in [-0.2, -0.15) is 10.2 Å². The first kappa shape index (κ1) is 20.3. The SMILES string of the molecule is C=CCn1nc(NC(C)=O)c2cc(Cl)c(-n3nc(C)c4c3CC(C)(C)CC4=O)cc21. The Bertz CT molecular complexity index is 1220. The summed E-state index contributed by atoms with van der Waals surface area (Å²) in [6.07, 6.45) is 2.97. The Labute approximate surface area is 179 Å². The minimum Gasteiger partial charge on any atom is -0.309 e. The molecule has 30 heavy (non-hydrogen) atoms. The largest absolute Gasteiger partial charge is 0.309 e. The summed E-state index contributed by atoms with van der Waals surface area (Å²) in [5, 5.41) is 13.1. The molecule has 1 aromatic carbocycles. The highest BCUT2D eigenvalue weighted by molar-refractivity contribution is 6.33. The van der Waals surface area contributed by atoms with E-state index in [1.54, 1.807) is 21.5 Å². The Hall–Kier alpha value is -2.93. The highest BCUT2D eigenvalue weighted by Crippen LogP contribution is 2.39. The maximum atomic E-state index is 12.8. The third-order valence-corrected chi connectivity index (χ3v) is 5.67. The number of anilines is 1. The predicted molar refractivity (Wildman–Crippen MR) is 118 cm³/mol. The van der Waals surface area contributed by atoms with Gasteiger partial charge in [-0.25, -0.2) is 4.68 Å². The predicted octanol–water partition coefficient (Wildman–Crippen LogP) is 4.48. The highest BCUT2D eigenvalue weighted by Gasteiger charge is 2.36. The number of hydrogen-bond donors (Lipinski definition) is 1. The van der Waals surface area contributed by atoms with Gasteiger partial charge in [0.1, 0.15) is 0 Å². The quantitative estimate of drug-likeness (QED) is 0.624. The molecule has 1 N–H and O–H groups in total. The van der Waals surface area contributed by atoms with E-state index in [4.69, 9.17) is 11.6 Å². The number of carbonyl (C=O) groups is 2. The van der Waals surface area contributed by atoms with Gasteiger partial charge in [0, 0.05) is 18.7 Å². The molecule has 2 aromatic heterocycles. The fourth-order valence-corrected chi connectivity index (χ4v) is 4.45. The number of aromatic nitrogens is 4. The Morgan fingerprint density at radius 1 is 1.33 bits per heavy atom. The molecule has 7 nitrogen and oxygen atoms in total. The monoisotopic (exact) mass is 425 g/mol. The minimum atomic E-state index is -0.210. The molecule has 0 unspecified atom stereocenters. The average molecular weight is 426 g/mol. The van der Waals surface area contributed by atoms with Crippen LogP contribution >= 0.6 is 11.6 Å². The molecule has 156 valence electrons. The smallest absolute Gasteiger partial charge is 0.222 e. The van der Waals surface area contributed by atoms with E-state index in [0.29, 0.717) is 40.8 Å². The summed E-state index contributed by atoms with van der Waals surface area (Å²) in [4.78, 5) is 24.4. The normalized spacial score (nSPS) is 15.3. The van der Waals surface area contributed by atoms with Gasteiger partial charge in [0.15, 0.2) is 11.6 Å².